The van der Waals surface area contributed by atoms with Gasteiger partial charge in [0.15, 0.2) is 5.78 Å². The minimum atomic E-state index is -0.337. The van der Waals surface area contributed by atoms with Crippen molar-refractivity contribution in [3.63, 3.8) is 0 Å². The van der Waals surface area contributed by atoms with Crippen molar-refractivity contribution < 1.29 is 9.59 Å². The third-order valence-electron chi connectivity index (χ3n) is 6.56. The molecule has 2 aliphatic heterocycles. The summed E-state index contributed by atoms with van der Waals surface area (Å²) in [5.41, 5.74) is 3.81. The molecule has 2 aliphatic rings. The largest absolute Gasteiger partial charge is 0.372 e. The summed E-state index contributed by atoms with van der Waals surface area (Å²) < 4.78 is 0. The highest BCUT2D eigenvalue weighted by atomic mass is 16.2. The molecule has 7 heteroatoms. The maximum Gasteiger partial charge on any atom is 0.224 e. The highest BCUT2D eigenvalue weighted by molar-refractivity contribution is 6.04. The van der Waals surface area contributed by atoms with Crippen LogP contribution in [0.5, 0.6) is 0 Å². The minimum absolute atomic E-state index is 0.0194. The van der Waals surface area contributed by atoms with E-state index in [1.807, 2.05) is 72.4 Å². The van der Waals surface area contributed by atoms with Crippen LogP contribution >= 0.6 is 0 Å². The number of benzene rings is 2. The van der Waals surface area contributed by atoms with Crippen molar-refractivity contribution >= 4 is 34.4 Å². The van der Waals surface area contributed by atoms with Crippen LogP contribution in [0.15, 0.2) is 59.9 Å². The quantitative estimate of drug-likeness (QED) is 0.501. The molecule has 0 aliphatic carbocycles. The molecule has 0 bridgehead atoms. The fraction of sp³-hybridized carbons (Fsp3) is 0.370. The molecule has 1 saturated heterocycles. The molecule has 1 N–H and O–H groups in total. The maximum absolute atomic E-state index is 12.9. The second-order valence-corrected chi connectivity index (χ2v) is 8.84. The van der Waals surface area contributed by atoms with Gasteiger partial charge in [0.05, 0.1) is 11.4 Å². The Labute approximate surface area is 201 Å². The van der Waals surface area contributed by atoms with Gasteiger partial charge in [-0.1, -0.05) is 25.0 Å². The van der Waals surface area contributed by atoms with Gasteiger partial charge in [0.25, 0.3) is 0 Å². The third kappa shape index (κ3) is 4.91. The smallest absolute Gasteiger partial charge is 0.224 e. The molecule has 34 heavy (non-hydrogen) atoms. The lowest BCUT2D eigenvalue weighted by atomic mass is 10.1. The van der Waals surface area contributed by atoms with E-state index in [2.05, 4.69) is 16.3 Å². The number of nitrogens with one attached hydrogen (secondary N) is 1. The number of hydrogen-bond acceptors (Lipinski definition) is 6. The first-order chi connectivity index (χ1) is 16.5. The van der Waals surface area contributed by atoms with E-state index >= 15 is 0 Å². The number of para-hydroxylation sites is 2. The molecule has 2 heterocycles. The molecule has 0 atom stereocenters. The van der Waals surface area contributed by atoms with E-state index in [1.54, 1.807) is 0 Å². The van der Waals surface area contributed by atoms with Gasteiger partial charge in [-0.05, 0) is 49.2 Å². The van der Waals surface area contributed by atoms with Crippen LogP contribution in [0, 0.1) is 11.3 Å². The Kier molecular flexibility index (Phi) is 7.17. The van der Waals surface area contributed by atoms with Crippen molar-refractivity contribution in [2.45, 2.75) is 38.5 Å². The number of carbonyl (C=O) groups excluding carboxylic acids is 2. The van der Waals surface area contributed by atoms with Gasteiger partial charge in [0.1, 0.15) is 17.5 Å². The summed E-state index contributed by atoms with van der Waals surface area (Å²) in [6, 6.07) is 17.7. The second kappa shape index (κ2) is 10.4. The van der Waals surface area contributed by atoms with Crippen molar-refractivity contribution in [3.05, 3.63) is 59.9 Å². The monoisotopic (exact) mass is 457 g/mol. The topological polar surface area (TPSA) is 79.7 Å². The average molecular weight is 458 g/mol. The molecule has 0 spiro atoms. The van der Waals surface area contributed by atoms with Crippen molar-refractivity contribution in [1.82, 2.24) is 0 Å². The van der Waals surface area contributed by atoms with Gasteiger partial charge < -0.3 is 20.0 Å². The number of allylic oxidation sites excluding steroid dienone is 1. The van der Waals surface area contributed by atoms with Crippen LogP contribution in [0.1, 0.15) is 38.5 Å². The summed E-state index contributed by atoms with van der Waals surface area (Å²) in [5, 5.41) is 12.6. The summed E-state index contributed by atoms with van der Waals surface area (Å²) >= 11 is 0. The number of anilines is 4. The Hall–Kier alpha value is -3.79. The Morgan fingerprint density at radius 3 is 2.03 bits per heavy atom. The van der Waals surface area contributed by atoms with E-state index in [0.29, 0.717) is 11.5 Å². The molecule has 0 radical (unpaired) electrons. The first-order valence-corrected chi connectivity index (χ1v) is 11.9. The number of fused-ring (bicyclic) bond motifs is 1. The van der Waals surface area contributed by atoms with Crippen molar-refractivity contribution in [2.75, 3.05) is 47.2 Å². The van der Waals surface area contributed by atoms with E-state index in [-0.39, 0.29) is 30.1 Å². The molecule has 176 valence electrons. The zero-order valence-corrected chi connectivity index (χ0v) is 19.9. The van der Waals surface area contributed by atoms with Gasteiger partial charge in [-0.2, -0.15) is 5.26 Å². The fourth-order valence-corrected chi connectivity index (χ4v) is 4.72. The number of amides is 1. The average Bonchev–Trinajstić information content (AvgIpc) is 3.03. The van der Waals surface area contributed by atoms with Crippen LogP contribution in [0.2, 0.25) is 0 Å². The first-order valence-electron chi connectivity index (χ1n) is 11.9. The van der Waals surface area contributed by atoms with Gasteiger partial charge in [-0.3, -0.25) is 9.59 Å². The summed E-state index contributed by atoms with van der Waals surface area (Å²) in [6.07, 6.45) is 4.99. The van der Waals surface area contributed by atoms with Crippen molar-refractivity contribution in [3.8, 4) is 6.07 Å². The summed E-state index contributed by atoms with van der Waals surface area (Å²) in [5.74, 6) is -0.0385. The van der Waals surface area contributed by atoms with Crippen molar-refractivity contribution in [1.29, 1.82) is 5.26 Å². The Morgan fingerprint density at radius 1 is 0.882 bits per heavy atom. The number of nitrogens with zero attached hydrogens (tertiary/aromatic N) is 4. The number of carbonyl (C=O) groups is 2. The lowest BCUT2D eigenvalue weighted by molar-refractivity contribution is -0.120. The van der Waals surface area contributed by atoms with Gasteiger partial charge in [-0.15, -0.1) is 0 Å². The summed E-state index contributed by atoms with van der Waals surface area (Å²) in [4.78, 5) is 31.5. The molecule has 0 unspecified atom stereocenters. The molecule has 0 saturated carbocycles. The molecule has 4 rings (SSSR count). The summed E-state index contributed by atoms with van der Waals surface area (Å²) in [6.45, 7) is 2.14. The maximum atomic E-state index is 12.9. The van der Waals surface area contributed by atoms with Gasteiger partial charge in [0.2, 0.25) is 5.91 Å². The van der Waals surface area contributed by atoms with E-state index in [9.17, 15) is 14.9 Å². The number of Topliss-reactive ketones (excluding diaryl/α,β-unsaturated/α-hetero) is 1. The number of rotatable bonds is 6. The molecular formula is C27H31N5O2. The van der Waals surface area contributed by atoms with E-state index in [0.717, 1.165) is 24.5 Å². The van der Waals surface area contributed by atoms with Crippen LogP contribution in [-0.2, 0) is 9.59 Å². The summed E-state index contributed by atoms with van der Waals surface area (Å²) in [7, 11) is 3.68. The van der Waals surface area contributed by atoms with E-state index in [4.69, 9.17) is 0 Å². The second-order valence-electron chi connectivity index (χ2n) is 8.84. The number of hydrogen-bond donors (Lipinski definition) is 1. The van der Waals surface area contributed by atoms with Crippen LogP contribution in [0.4, 0.5) is 22.7 Å². The van der Waals surface area contributed by atoms with Crippen LogP contribution in [0.3, 0.4) is 0 Å². The van der Waals surface area contributed by atoms with E-state index in [1.165, 1.54) is 31.4 Å². The van der Waals surface area contributed by atoms with Crippen LogP contribution in [0.25, 0.3) is 0 Å². The third-order valence-corrected chi connectivity index (χ3v) is 6.56. The van der Waals surface area contributed by atoms with Crippen LogP contribution < -0.4 is 20.0 Å². The van der Waals surface area contributed by atoms with Crippen LogP contribution in [-0.4, -0.2) is 38.9 Å². The fourth-order valence-electron chi connectivity index (χ4n) is 4.72. The standard InChI is InChI=1S/C27H31N5O2/c1-30-23-9-5-6-10-24(23)31(2)27(30)22(19-28)25(33)15-16-26(34)29-20-11-13-21(14-12-20)32-17-7-3-4-8-18-32/h5-6,9-14H,3-4,7-8,15-18H2,1-2H3,(H,29,34). The van der Waals surface area contributed by atoms with Gasteiger partial charge in [0, 0.05) is 51.4 Å². The normalized spacial score (nSPS) is 15.4. The predicted octanol–water partition coefficient (Wildman–Crippen LogP) is 4.68. The Balaban J connectivity index is 1.36. The predicted molar refractivity (Wildman–Crippen MR) is 136 cm³/mol. The Morgan fingerprint density at radius 2 is 1.47 bits per heavy atom. The molecular weight excluding hydrogens is 426 g/mol. The number of ketones is 1. The van der Waals surface area contributed by atoms with Gasteiger partial charge >= 0.3 is 0 Å². The molecule has 0 aromatic heterocycles. The minimum Gasteiger partial charge on any atom is -0.372 e. The molecule has 7 nitrogen and oxygen atoms in total. The molecule has 2 aromatic rings. The molecule has 2 aromatic carbocycles. The lowest BCUT2D eigenvalue weighted by Crippen LogP contribution is -2.26. The molecule has 1 amide bonds. The SMILES string of the molecule is CN1C(=C(C#N)C(=O)CCC(=O)Nc2ccc(N3CCCCCC3)cc2)N(C)c2ccccc21. The highest BCUT2D eigenvalue weighted by Gasteiger charge is 2.31. The lowest BCUT2D eigenvalue weighted by Gasteiger charge is -2.22. The van der Waals surface area contributed by atoms with E-state index < -0.39 is 0 Å². The van der Waals surface area contributed by atoms with Gasteiger partial charge in [-0.25, -0.2) is 0 Å². The first kappa shape index (κ1) is 23.4. The Bertz CT molecular complexity index is 1090. The van der Waals surface area contributed by atoms with Crippen molar-refractivity contribution in [2.24, 2.45) is 0 Å². The number of nitriles is 1. The zero-order valence-electron chi connectivity index (χ0n) is 19.9. The molecule has 1 fully saturated rings. The zero-order chi connectivity index (χ0) is 24.1. The highest BCUT2D eigenvalue weighted by Crippen LogP contribution is 2.40.